The molecule has 1 aromatic rings. The summed E-state index contributed by atoms with van der Waals surface area (Å²) in [6.07, 6.45) is 1.15. The average molecular weight is 310 g/mol. The molecule has 21 heavy (non-hydrogen) atoms. The molecule has 1 saturated heterocycles. The third kappa shape index (κ3) is 3.63. The second kappa shape index (κ2) is 6.31. The van der Waals surface area contributed by atoms with Gasteiger partial charge in [0, 0.05) is 11.2 Å². The smallest absolute Gasteiger partial charge is 0.399 e. The Morgan fingerprint density at radius 2 is 1.76 bits per heavy atom. The molecule has 0 unspecified atom stereocenters. The molecule has 1 heterocycles. The van der Waals surface area contributed by atoms with Gasteiger partial charge in [0.15, 0.2) is 0 Å². The molecular weight excluding hydrogens is 286 g/mol. The number of thioether (sulfide) groups is 1. The normalized spacial score (nSPS) is 20.0. The molecule has 1 aromatic carbocycles. The van der Waals surface area contributed by atoms with Crippen molar-refractivity contribution >= 4 is 24.3 Å². The minimum absolute atomic E-state index is 0.266. The van der Waals surface area contributed by atoms with Crippen molar-refractivity contribution in [3.05, 3.63) is 29.6 Å². The molecule has 0 N–H and O–H groups in total. The van der Waals surface area contributed by atoms with Gasteiger partial charge in [0.2, 0.25) is 0 Å². The Balaban J connectivity index is 2.18. The Kier molecular flexibility index (Phi) is 5.06. The zero-order valence-corrected chi connectivity index (χ0v) is 14.3. The maximum atomic E-state index is 14.1. The average Bonchev–Trinajstić information content (AvgIpc) is 2.60. The van der Waals surface area contributed by atoms with E-state index in [4.69, 9.17) is 9.31 Å². The highest BCUT2D eigenvalue weighted by Gasteiger charge is 2.52. The largest absolute Gasteiger partial charge is 0.497 e. The van der Waals surface area contributed by atoms with Gasteiger partial charge in [0.25, 0.3) is 0 Å². The fourth-order valence-electron chi connectivity index (χ4n) is 2.17. The highest BCUT2D eigenvalue weighted by molar-refractivity contribution is 7.98. The van der Waals surface area contributed by atoms with Gasteiger partial charge in [0.1, 0.15) is 5.82 Å². The first-order valence-electron chi connectivity index (χ1n) is 7.48. The predicted octanol–water partition coefficient (Wildman–Crippen LogP) is 3.77. The van der Waals surface area contributed by atoms with Crippen molar-refractivity contribution in [1.29, 1.82) is 0 Å². The number of rotatable bonds is 5. The summed E-state index contributed by atoms with van der Waals surface area (Å²) in [4.78, 5) is 0. The van der Waals surface area contributed by atoms with Crippen molar-refractivity contribution in [2.24, 2.45) is 0 Å². The van der Waals surface area contributed by atoms with Gasteiger partial charge in [-0.05, 0) is 51.5 Å². The van der Waals surface area contributed by atoms with Crippen LogP contribution in [0.15, 0.2) is 18.2 Å². The van der Waals surface area contributed by atoms with Gasteiger partial charge < -0.3 is 9.31 Å². The molecule has 0 aliphatic carbocycles. The van der Waals surface area contributed by atoms with Crippen LogP contribution in [0.25, 0.3) is 0 Å². The molecule has 0 atom stereocenters. The van der Waals surface area contributed by atoms with Gasteiger partial charge in [0.05, 0.1) is 11.2 Å². The van der Waals surface area contributed by atoms with Crippen LogP contribution in [0.4, 0.5) is 4.39 Å². The van der Waals surface area contributed by atoms with Crippen LogP contribution in [-0.4, -0.2) is 24.1 Å². The Morgan fingerprint density at radius 3 is 2.33 bits per heavy atom. The molecule has 5 heteroatoms. The van der Waals surface area contributed by atoms with Crippen molar-refractivity contribution in [3.63, 3.8) is 0 Å². The van der Waals surface area contributed by atoms with Crippen molar-refractivity contribution in [3.8, 4) is 0 Å². The van der Waals surface area contributed by atoms with E-state index in [0.717, 1.165) is 23.5 Å². The van der Waals surface area contributed by atoms with Gasteiger partial charge >= 0.3 is 7.12 Å². The van der Waals surface area contributed by atoms with Crippen LogP contribution in [0.3, 0.4) is 0 Å². The van der Waals surface area contributed by atoms with Crippen LogP contribution in [0.5, 0.6) is 0 Å². The standard InChI is InChI=1S/C16H24BFO2S/c1-6-9-21-11-12-7-8-14(18)13(10-12)17-19-15(2,3)16(4,5)20-17/h7-8,10H,6,9,11H2,1-5H3. The zero-order chi connectivity index (χ0) is 15.7. The molecule has 0 amide bonds. The van der Waals surface area contributed by atoms with Crippen molar-refractivity contribution < 1.29 is 13.7 Å². The lowest BCUT2D eigenvalue weighted by atomic mass is 9.78. The third-order valence-electron chi connectivity index (χ3n) is 4.18. The summed E-state index contributed by atoms with van der Waals surface area (Å²) in [7, 11) is -0.633. The van der Waals surface area contributed by atoms with E-state index in [1.54, 1.807) is 0 Å². The molecule has 0 aromatic heterocycles. The summed E-state index contributed by atoms with van der Waals surface area (Å²) in [6.45, 7) is 10.1. The van der Waals surface area contributed by atoms with Gasteiger partial charge in [-0.3, -0.25) is 0 Å². The molecule has 0 bridgehead atoms. The zero-order valence-electron chi connectivity index (χ0n) is 13.5. The van der Waals surface area contributed by atoms with E-state index in [2.05, 4.69) is 6.92 Å². The van der Waals surface area contributed by atoms with E-state index >= 15 is 0 Å². The third-order valence-corrected chi connectivity index (χ3v) is 5.42. The first-order chi connectivity index (χ1) is 9.77. The highest BCUT2D eigenvalue weighted by Crippen LogP contribution is 2.36. The molecule has 2 rings (SSSR count). The first-order valence-corrected chi connectivity index (χ1v) is 8.64. The van der Waals surface area contributed by atoms with Crippen molar-refractivity contribution in [2.45, 2.75) is 58.0 Å². The van der Waals surface area contributed by atoms with Crippen molar-refractivity contribution in [2.75, 3.05) is 5.75 Å². The molecule has 1 aliphatic rings. The maximum absolute atomic E-state index is 14.1. The van der Waals surface area contributed by atoms with E-state index in [9.17, 15) is 4.39 Å². The van der Waals surface area contributed by atoms with Gasteiger partial charge in [-0.2, -0.15) is 11.8 Å². The molecule has 0 spiro atoms. The second-order valence-electron chi connectivity index (χ2n) is 6.50. The molecule has 0 saturated carbocycles. The summed E-state index contributed by atoms with van der Waals surface area (Å²) >= 11 is 1.86. The SMILES string of the molecule is CCCSCc1ccc(F)c(B2OC(C)(C)C(C)(C)O2)c1. The summed E-state index contributed by atoms with van der Waals surface area (Å²) < 4.78 is 26.0. The lowest BCUT2D eigenvalue weighted by Crippen LogP contribution is -2.41. The molecule has 2 nitrogen and oxygen atoms in total. The van der Waals surface area contributed by atoms with E-state index in [-0.39, 0.29) is 5.82 Å². The number of hydrogen-bond donors (Lipinski definition) is 0. The van der Waals surface area contributed by atoms with Gasteiger partial charge in [-0.1, -0.05) is 19.1 Å². The number of benzene rings is 1. The molecule has 1 aliphatic heterocycles. The van der Waals surface area contributed by atoms with Gasteiger partial charge in [-0.25, -0.2) is 4.39 Å². The number of hydrogen-bond acceptors (Lipinski definition) is 3. The Bertz CT molecular complexity index is 489. The van der Waals surface area contributed by atoms with E-state index < -0.39 is 18.3 Å². The van der Waals surface area contributed by atoms with Crippen LogP contribution >= 0.6 is 11.8 Å². The van der Waals surface area contributed by atoms with E-state index in [0.29, 0.717) is 5.46 Å². The van der Waals surface area contributed by atoms with Crippen LogP contribution in [0.2, 0.25) is 0 Å². The first kappa shape index (κ1) is 16.8. The van der Waals surface area contributed by atoms with Crippen LogP contribution in [0.1, 0.15) is 46.6 Å². The van der Waals surface area contributed by atoms with Gasteiger partial charge in [-0.15, -0.1) is 0 Å². The Morgan fingerprint density at radius 1 is 1.14 bits per heavy atom. The maximum Gasteiger partial charge on any atom is 0.497 e. The highest BCUT2D eigenvalue weighted by atomic mass is 32.2. The molecule has 0 radical (unpaired) electrons. The fraction of sp³-hybridized carbons (Fsp3) is 0.625. The van der Waals surface area contributed by atoms with Crippen LogP contribution in [0, 0.1) is 5.82 Å². The minimum atomic E-state index is -0.633. The lowest BCUT2D eigenvalue weighted by Gasteiger charge is -2.32. The minimum Gasteiger partial charge on any atom is -0.399 e. The fourth-order valence-corrected chi connectivity index (χ4v) is 3.02. The summed E-state index contributed by atoms with van der Waals surface area (Å²) in [5.74, 6) is 1.74. The number of halogens is 1. The molecule has 1 fully saturated rings. The topological polar surface area (TPSA) is 18.5 Å². The van der Waals surface area contributed by atoms with Crippen LogP contribution in [-0.2, 0) is 15.1 Å². The summed E-state index contributed by atoms with van der Waals surface area (Å²) in [6, 6.07) is 5.23. The predicted molar refractivity (Wildman–Crippen MR) is 88.6 cm³/mol. The molecular formula is C16H24BFO2S. The lowest BCUT2D eigenvalue weighted by molar-refractivity contribution is 0.00578. The summed E-state index contributed by atoms with van der Waals surface area (Å²) in [5, 5.41) is 0. The quantitative estimate of drug-likeness (QED) is 0.609. The van der Waals surface area contributed by atoms with Crippen molar-refractivity contribution in [1.82, 2.24) is 0 Å². The van der Waals surface area contributed by atoms with E-state index in [1.165, 1.54) is 6.07 Å². The van der Waals surface area contributed by atoms with Crippen LogP contribution < -0.4 is 5.46 Å². The van der Waals surface area contributed by atoms with E-state index in [1.807, 2.05) is 51.6 Å². The second-order valence-corrected chi connectivity index (χ2v) is 7.60. The Hall–Kier alpha value is -0.515. The summed E-state index contributed by atoms with van der Waals surface area (Å²) in [5.41, 5.74) is 0.719. The monoisotopic (exact) mass is 310 g/mol. The Labute approximate surface area is 131 Å². The molecule has 116 valence electrons.